The third-order valence-electron chi connectivity index (χ3n) is 1.95. The first-order valence-corrected chi connectivity index (χ1v) is 3.54. The number of allylic oxidation sites excluding steroid dienone is 1. The number of aryl methyl sites for hydroxylation is 1. The van der Waals surface area contributed by atoms with Crippen molar-refractivity contribution in [2.24, 2.45) is 0 Å². The Hall–Kier alpha value is -1.04. The highest BCUT2D eigenvalue weighted by Crippen LogP contribution is 2.21. The molecule has 0 bridgehead atoms. The van der Waals surface area contributed by atoms with Crippen LogP contribution in [0.3, 0.4) is 0 Å². The van der Waals surface area contributed by atoms with E-state index in [0.717, 1.165) is 6.42 Å². The molecule has 0 saturated heterocycles. The molecule has 0 heteroatoms. The highest BCUT2D eigenvalue weighted by molar-refractivity contribution is 5.62. The molecule has 1 aliphatic carbocycles. The lowest BCUT2D eigenvalue weighted by Crippen LogP contribution is -1.84. The second-order valence-electron chi connectivity index (χ2n) is 2.66. The Morgan fingerprint density at radius 3 is 3.20 bits per heavy atom. The van der Waals surface area contributed by atoms with Crippen LogP contribution in [-0.2, 0) is 6.42 Å². The highest BCUT2D eigenvalue weighted by Gasteiger charge is 2.05. The zero-order valence-electron chi connectivity index (χ0n) is 6.02. The minimum absolute atomic E-state index is 1.07. The van der Waals surface area contributed by atoms with E-state index in [4.69, 9.17) is 0 Å². The van der Waals surface area contributed by atoms with Gasteiger partial charge in [0.05, 0.1) is 0 Å². The van der Waals surface area contributed by atoms with Gasteiger partial charge in [0.25, 0.3) is 0 Å². The SMILES string of the molecule is Cc1cc[c]c2c1C=CC2. The molecule has 0 unspecified atom stereocenters. The lowest BCUT2D eigenvalue weighted by molar-refractivity contribution is 1.28. The van der Waals surface area contributed by atoms with Gasteiger partial charge in [-0.05, 0) is 36.1 Å². The Morgan fingerprint density at radius 1 is 1.50 bits per heavy atom. The molecule has 2 rings (SSSR count). The van der Waals surface area contributed by atoms with E-state index in [1.165, 1.54) is 16.7 Å². The molecule has 1 aromatic carbocycles. The summed E-state index contributed by atoms with van der Waals surface area (Å²) < 4.78 is 0. The third-order valence-corrected chi connectivity index (χ3v) is 1.95. The summed E-state index contributed by atoms with van der Waals surface area (Å²) in [5.41, 5.74) is 4.09. The van der Waals surface area contributed by atoms with Gasteiger partial charge in [-0.3, -0.25) is 0 Å². The van der Waals surface area contributed by atoms with Crippen LogP contribution >= 0.6 is 0 Å². The third kappa shape index (κ3) is 0.688. The van der Waals surface area contributed by atoms with Gasteiger partial charge in [-0.1, -0.05) is 24.3 Å². The Bertz CT molecular complexity index is 282. The summed E-state index contributed by atoms with van der Waals surface area (Å²) in [5.74, 6) is 0. The van der Waals surface area contributed by atoms with E-state index in [0.29, 0.717) is 0 Å². The van der Waals surface area contributed by atoms with E-state index in [-0.39, 0.29) is 0 Å². The van der Waals surface area contributed by atoms with Crippen LogP contribution in [0, 0.1) is 13.0 Å². The average molecular weight is 129 g/mol. The molecule has 0 aromatic heterocycles. The molecule has 0 fully saturated rings. The van der Waals surface area contributed by atoms with Gasteiger partial charge < -0.3 is 0 Å². The molecule has 10 heavy (non-hydrogen) atoms. The van der Waals surface area contributed by atoms with Crippen molar-refractivity contribution in [3.63, 3.8) is 0 Å². The van der Waals surface area contributed by atoms with E-state index >= 15 is 0 Å². The summed E-state index contributed by atoms with van der Waals surface area (Å²) in [6.07, 6.45) is 5.44. The van der Waals surface area contributed by atoms with Crippen molar-refractivity contribution in [3.8, 4) is 0 Å². The minimum atomic E-state index is 1.07. The van der Waals surface area contributed by atoms with Gasteiger partial charge in [-0.15, -0.1) is 0 Å². The molecule has 1 aliphatic rings. The van der Waals surface area contributed by atoms with Crippen molar-refractivity contribution in [1.29, 1.82) is 0 Å². The largest absolute Gasteiger partial charge is 0.0795 e. The van der Waals surface area contributed by atoms with E-state index in [2.05, 4.69) is 31.2 Å². The molecule has 0 amide bonds. The lowest BCUT2D eigenvalue weighted by Gasteiger charge is -1.99. The summed E-state index contributed by atoms with van der Waals surface area (Å²) in [6.45, 7) is 2.14. The molecule has 0 heterocycles. The summed E-state index contributed by atoms with van der Waals surface area (Å²) in [5, 5.41) is 0. The van der Waals surface area contributed by atoms with Gasteiger partial charge in [-0.2, -0.15) is 0 Å². The second kappa shape index (κ2) is 1.98. The zero-order valence-corrected chi connectivity index (χ0v) is 6.02. The molecule has 0 spiro atoms. The summed E-state index contributed by atoms with van der Waals surface area (Å²) in [7, 11) is 0. The average Bonchev–Trinajstić information content (AvgIpc) is 2.36. The normalized spacial score (nSPS) is 13.7. The van der Waals surface area contributed by atoms with Gasteiger partial charge in [0.2, 0.25) is 0 Å². The molecule has 0 N–H and O–H groups in total. The molecule has 0 aliphatic heterocycles. The molecule has 49 valence electrons. The fourth-order valence-corrected chi connectivity index (χ4v) is 1.37. The quantitative estimate of drug-likeness (QED) is 0.504. The van der Waals surface area contributed by atoms with E-state index < -0.39 is 0 Å². The van der Waals surface area contributed by atoms with Gasteiger partial charge in [-0.25, -0.2) is 0 Å². The zero-order chi connectivity index (χ0) is 6.97. The van der Waals surface area contributed by atoms with Crippen molar-refractivity contribution in [1.82, 2.24) is 0 Å². The molecule has 1 aromatic rings. The Labute approximate surface area is 61.2 Å². The molecule has 1 radical (unpaired) electrons. The van der Waals surface area contributed by atoms with Crippen LogP contribution < -0.4 is 0 Å². The minimum Gasteiger partial charge on any atom is -0.0795 e. The van der Waals surface area contributed by atoms with Crippen LogP contribution in [0.1, 0.15) is 16.7 Å². The fourth-order valence-electron chi connectivity index (χ4n) is 1.37. The first kappa shape index (κ1) is 5.72. The first-order valence-electron chi connectivity index (χ1n) is 3.54. The predicted molar refractivity (Wildman–Crippen MR) is 42.8 cm³/mol. The standard InChI is InChI=1S/C10H9/c1-8-4-2-5-9-6-3-7-10(8)9/h2-4,7H,6H2,1H3. The monoisotopic (exact) mass is 129 g/mol. The number of fused-ring (bicyclic) bond motifs is 1. The smallest absolute Gasteiger partial charge is 0.00819 e. The fraction of sp³-hybridized carbons (Fsp3) is 0.200. The van der Waals surface area contributed by atoms with Crippen molar-refractivity contribution in [2.45, 2.75) is 13.3 Å². The van der Waals surface area contributed by atoms with Crippen LogP contribution in [0.4, 0.5) is 0 Å². The second-order valence-corrected chi connectivity index (χ2v) is 2.66. The van der Waals surface area contributed by atoms with Crippen LogP contribution in [0.2, 0.25) is 0 Å². The van der Waals surface area contributed by atoms with Crippen LogP contribution in [0.5, 0.6) is 0 Å². The number of benzene rings is 1. The highest BCUT2D eigenvalue weighted by atomic mass is 14.1. The number of hydrogen-bond donors (Lipinski definition) is 0. The Kier molecular flexibility index (Phi) is 1.13. The van der Waals surface area contributed by atoms with Gasteiger partial charge >= 0.3 is 0 Å². The van der Waals surface area contributed by atoms with Crippen LogP contribution in [-0.4, -0.2) is 0 Å². The van der Waals surface area contributed by atoms with Crippen LogP contribution in [0.25, 0.3) is 6.08 Å². The molecular formula is C10H9. The summed E-state index contributed by atoms with van der Waals surface area (Å²) in [4.78, 5) is 0. The molecular weight excluding hydrogens is 120 g/mol. The number of hydrogen-bond acceptors (Lipinski definition) is 0. The van der Waals surface area contributed by atoms with Crippen LogP contribution in [0.15, 0.2) is 18.2 Å². The molecule has 0 nitrogen and oxygen atoms in total. The maximum Gasteiger partial charge on any atom is -0.00819 e. The molecule has 0 saturated carbocycles. The number of rotatable bonds is 0. The van der Waals surface area contributed by atoms with E-state index in [1.54, 1.807) is 0 Å². The van der Waals surface area contributed by atoms with Crippen molar-refractivity contribution in [3.05, 3.63) is 41.0 Å². The Morgan fingerprint density at radius 2 is 2.40 bits per heavy atom. The van der Waals surface area contributed by atoms with Gasteiger partial charge in [0.15, 0.2) is 0 Å². The first-order chi connectivity index (χ1) is 4.88. The summed E-state index contributed by atoms with van der Waals surface area (Å²) >= 11 is 0. The maximum atomic E-state index is 3.23. The van der Waals surface area contributed by atoms with E-state index in [9.17, 15) is 0 Å². The molecule has 0 atom stereocenters. The van der Waals surface area contributed by atoms with Gasteiger partial charge in [0.1, 0.15) is 0 Å². The van der Waals surface area contributed by atoms with Crippen molar-refractivity contribution < 1.29 is 0 Å². The van der Waals surface area contributed by atoms with Crippen molar-refractivity contribution >= 4 is 6.08 Å². The van der Waals surface area contributed by atoms with Gasteiger partial charge in [0, 0.05) is 0 Å². The predicted octanol–water partition coefficient (Wildman–Crippen LogP) is 2.36. The summed E-state index contributed by atoms with van der Waals surface area (Å²) in [6, 6.07) is 7.33. The maximum absolute atomic E-state index is 3.23. The lowest BCUT2D eigenvalue weighted by atomic mass is 10.1. The Balaban J connectivity index is 2.67. The topological polar surface area (TPSA) is 0 Å². The van der Waals surface area contributed by atoms with Crippen molar-refractivity contribution in [2.75, 3.05) is 0 Å². The van der Waals surface area contributed by atoms with E-state index in [1.807, 2.05) is 6.07 Å².